The Kier molecular flexibility index (Phi) is 5.44. The number of fused-ring (bicyclic) bond motifs is 1. The number of alkyl halides is 3. The number of halogens is 3. The van der Waals surface area contributed by atoms with Crippen molar-refractivity contribution in [1.82, 2.24) is 35.2 Å². The number of carbonyl (C=O) groups excluding carboxylic acids is 1. The van der Waals surface area contributed by atoms with Gasteiger partial charge in [0.1, 0.15) is 5.69 Å². The van der Waals surface area contributed by atoms with Gasteiger partial charge >= 0.3 is 6.18 Å². The Hall–Kier alpha value is -3.93. The standard InChI is InChI=1S/C22H21F3N8O/c1-2-12-7-13(3-4-15(12)21(34)31-14-8-26-9-14)30-19-20-28-11-17(33(20)6-5-27-19)16-10-29-32-18(16)22(23,24)25/h3-7,10-11,14,26H,2,8-9H2,1H3,(H,27,30)(H,29,32)(H,31,34). The van der Waals surface area contributed by atoms with Crippen LogP contribution < -0.4 is 16.0 Å². The summed E-state index contributed by atoms with van der Waals surface area (Å²) in [7, 11) is 0. The number of benzene rings is 1. The summed E-state index contributed by atoms with van der Waals surface area (Å²) in [5.41, 5.74) is 1.68. The van der Waals surface area contributed by atoms with Crippen LogP contribution in [0.1, 0.15) is 28.5 Å². The predicted octanol–water partition coefficient (Wildman–Crippen LogP) is 3.15. The molecule has 0 saturated carbocycles. The Morgan fingerprint density at radius 2 is 2.06 bits per heavy atom. The Labute approximate surface area is 191 Å². The number of aromatic nitrogens is 5. The fourth-order valence-corrected chi connectivity index (χ4v) is 3.88. The van der Waals surface area contributed by atoms with Crippen LogP contribution in [0.15, 0.2) is 43.0 Å². The van der Waals surface area contributed by atoms with Crippen LogP contribution in [0, 0.1) is 0 Å². The van der Waals surface area contributed by atoms with Gasteiger partial charge in [0.2, 0.25) is 0 Å². The van der Waals surface area contributed by atoms with Crippen LogP contribution >= 0.6 is 0 Å². The summed E-state index contributed by atoms with van der Waals surface area (Å²) >= 11 is 0. The van der Waals surface area contributed by atoms with Gasteiger partial charge in [0, 0.05) is 36.7 Å². The van der Waals surface area contributed by atoms with Crippen LogP contribution in [0.2, 0.25) is 0 Å². The number of rotatable bonds is 6. The summed E-state index contributed by atoms with van der Waals surface area (Å²) in [6.45, 7) is 3.49. The van der Waals surface area contributed by atoms with Gasteiger partial charge in [0.15, 0.2) is 11.5 Å². The number of carbonyl (C=O) groups is 1. The third-order valence-electron chi connectivity index (χ3n) is 5.74. The zero-order valence-corrected chi connectivity index (χ0v) is 18.1. The van der Waals surface area contributed by atoms with Gasteiger partial charge in [0.25, 0.3) is 5.91 Å². The summed E-state index contributed by atoms with van der Waals surface area (Å²) in [4.78, 5) is 21.2. The van der Waals surface area contributed by atoms with E-state index in [1.54, 1.807) is 12.1 Å². The predicted molar refractivity (Wildman–Crippen MR) is 119 cm³/mol. The molecule has 1 amide bonds. The highest BCUT2D eigenvalue weighted by Crippen LogP contribution is 2.36. The molecule has 0 radical (unpaired) electrons. The first-order chi connectivity index (χ1) is 16.3. The number of aromatic amines is 1. The molecule has 1 aliphatic rings. The number of imidazole rings is 1. The van der Waals surface area contributed by atoms with Crippen molar-refractivity contribution < 1.29 is 18.0 Å². The number of nitrogens with one attached hydrogen (secondary N) is 4. The molecule has 4 heterocycles. The molecule has 0 unspecified atom stereocenters. The lowest BCUT2D eigenvalue weighted by Gasteiger charge is -2.28. The highest BCUT2D eigenvalue weighted by molar-refractivity contribution is 5.96. The molecule has 12 heteroatoms. The maximum Gasteiger partial charge on any atom is 0.433 e. The number of hydrogen-bond acceptors (Lipinski definition) is 6. The van der Waals surface area contributed by atoms with Crippen LogP contribution in [0.5, 0.6) is 0 Å². The van der Waals surface area contributed by atoms with E-state index in [1.807, 2.05) is 18.1 Å². The number of hydrogen-bond donors (Lipinski definition) is 4. The summed E-state index contributed by atoms with van der Waals surface area (Å²) in [6, 6.07) is 5.52. The second-order valence-corrected chi connectivity index (χ2v) is 7.95. The fraction of sp³-hybridized carbons (Fsp3) is 0.273. The third kappa shape index (κ3) is 3.96. The molecule has 34 heavy (non-hydrogen) atoms. The van der Waals surface area contributed by atoms with E-state index in [4.69, 9.17) is 0 Å². The Bertz CT molecular complexity index is 1360. The minimum absolute atomic E-state index is 0.109. The van der Waals surface area contributed by atoms with E-state index in [-0.39, 0.29) is 23.2 Å². The van der Waals surface area contributed by atoms with E-state index in [0.717, 1.165) is 24.8 Å². The molecule has 5 rings (SSSR count). The van der Waals surface area contributed by atoms with Crippen LogP contribution in [0.25, 0.3) is 16.9 Å². The molecular formula is C22H21F3N8O. The normalized spacial score (nSPS) is 14.2. The van der Waals surface area contributed by atoms with Crippen molar-refractivity contribution in [2.24, 2.45) is 0 Å². The molecule has 0 spiro atoms. The van der Waals surface area contributed by atoms with Crippen molar-refractivity contribution in [3.8, 4) is 11.3 Å². The highest BCUT2D eigenvalue weighted by Gasteiger charge is 2.36. The lowest BCUT2D eigenvalue weighted by molar-refractivity contribution is -0.140. The minimum atomic E-state index is -4.58. The van der Waals surface area contributed by atoms with Crippen molar-refractivity contribution in [3.63, 3.8) is 0 Å². The highest BCUT2D eigenvalue weighted by atomic mass is 19.4. The number of amides is 1. The van der Waals surface area contributed by atoms with Gasteiger partial charge in [0.05, 0.1) is 29.7 Å². The minimum Gasteiger partial charge on any atom is -0.347 e. The molecule has 0 atom stereocenters. The molecule has 1 fully saturated rings. The second-order valence-electron chi connectivity index (χ2n) is 7.95. The van der Waals surface area contributed by atoms with E-state index < -0.39 is 11.9 Å². The van der Waals surface area contributed by atoms with Crippen molar-refractivity contribution in [1.29, 1.82) is 0 Å². The van der Waals surface area contributed by atoms with Crippen molar-refractivity contribution in [2.45, 2.75) is 25.6 Å². The zero-order valence-electron chi connectivity index (χ0n) is 18.1. The molecule has 4 aromatic rings. The molecule has 0 aliphatic carbocycles. The molecule has 0 bridgehead atoms. The molecule has 1 aliphatic heterocycles. The van der Waals surface area contributed by atoms with Gasteiger partial charge in [-0.2, -0.15) is 18.3 Å². The van der Waals surface area contributed by atoms with Crippen molar-refractivity contribution in [2.75, 3.05) is 18.4 Å². The van der Waals surface area contributed by atoms with Crippen LogP contribution in [-0.4, -0.2) is 49.6 Å². The number of H-pyrrole nitrogens is 1. The van der Waals surface area contributed by atoms with E-state index in [2.05, 4.69) is 31.0 Å². The molecule has 1 saturated heterocycles. The van der Waals surface area contributed by atoms with Crippen molar-refractivity contribution in [3.05, 3.63) is 59.8 Å². The Morgan fingerprint density at radius 3 is 2.76 bits per heavy atom. The topological polar surface area (TPSA) is 112 Å². The van der Waals surface area contributed by atoms with Gasteiger partial charge in [-0.25, -0.2) is 9.97 Å². The van der Waals surface area contributed by atoms with Gasteiger partial charge in [-0.15, -0.1) is 0 Å². The molecule has 1 aromatic carbocycles. The lowest BCUT2D eigenvalue weighted by Crippen LogP contribution is -2.57. The quantitative estimate of drug-likeness (QED) is 0.345. The molecule has 9 nitrogen and oxygen atoms in total. The Balaban J connectivity index is 1.45. The maximum atomic E-state index is 13.3. The second kappa shape index (κ2) is 8.45. The van der Waals surface area contributed by atoms with Crippen LogP contribution in [0.4, 0.5) is 24.7 Å². The van der Waals surface area contributed by atoms with Crippen LogP contribution in [0.3, 0.4) is 0 Å². The zero-order chi connectivity index (χ0) is 23.9. The smallest absolute Gasteiger partial charge is 0.347 e. The monoisotopic (exact) mass is 470 g/mol. The van der Waals surface area contributed by atoms with E-state index >= 15 is 0 Å². The van der Waals surface area contributed by atoms with E-state index in [0.29, 0.717) is 29.1 Å². The first-order valence-corrected chi connectivity index (χ1v) is 10.7. The first-order valence-electron chi connectivity index (χ1n) is 10.7. The van der Waals surface area contributed by atoms with Gasteiger partial charge in [-0.3, -0.25) is 14.3 Å². The summed E-state index contributed by atoms with van der Waals surface area (Å²) < 4.78 is 41.5. The summed E-state index contributed by atoms with van der Waals surface area (Å²) in [5.74, 6) is 0.249. The first kappa shape index (κ1) is 21.9. The number of anilines is 2. The van der Waals surface area contributed by atoms with E-state index in [1.165, 1.54) is 23.0 Å². The largest absolute Gasteiger partial charge is 0.433 e. The molecule has 176 valence electrons. The fourth-order valence-electron chi connectivity index (χ4n) is 3.88. The SMILES string of the molecule is CCc1cc(Nc2nccn3c(-c4cn[nH]c4C(F)(F)F)cnc23)ccc1C(=O)NC1CNC1. The summed E-state index contributed by atoms with van der Waals surface area (Å²) in [6.07, 6.45) is 1.55. The van der Waals surface area contributed by atoms with Crippen molar-refractivity contribution >= 4 is 23.1 Å². The molecule has 3 aromatic heterocycles. The average Bonchev–Trinajstić information content (AvgIpc) is 3.43. The Morgan fingerprint density at radius 1 is 1.24 bits per heavy atom. The number of aryl methyl sites for hydroxylation is 1. The summed E-state index contributed by atoms with van der Waals surface area (Å²) in [5, 5.41) is 14.9. The van der Waals surface area contributed by atoms with Gasteiger partial charge < -0.3 is 16.0 Å². The lowest BCUT2D eigenvalue weighted by atomic mass is 10.0. The third-order valence-corrected chi connectivity index (χ3v) is 5.74. The van der Waals surface area contributed by atoms with Gasteiger partial charge in [-0.1, -0.05) is 6.92 Å². The molecule has 4 N–H and O–H groups in total. The number of nitrogens with zero attached hydrogens (tertiary/aromatic N) is 4. The molecular weight excluding hydrogens is 449 g/mol. The average molecular weight is 470 g/mol. The van der Waals surface area contributed by atoms with E-state index in [9.17, 15) is 18.0 Å². The maximum absolute atomic E-state index is 13.3. The van der Waals surface area contributed by atoms with Crippen LogP contribution in [-0.2, 0) is 12.6 Å². The van der Waals surface area contributed by atoms with Gasteiger partial charge in [-0.05, 0) is 30.2 Å².